The molecular formula is C16H27NO. The molecule has 0 saturated carbocycles. The summed E-state index contributed by atoms with van der Waals surface area (Å²) in [6, 6.07) is 0. The first-order valence-corrected chi connectivity index (χ1v) is 7.68. The smallest absolute Gasteiger partial charge is 0.0807 e. The van der Waals surface area contributed by atoms with Crippen LogP contribution in [0, 0.1) is 0 Å². The van der Waals surface area contributed by atoms with Gasteiger partial charge in [0.2, 0.25) is 0 Å². The highest BCUT2D eigenvalue weighted by Crippen LogP contribution is 2.30. The van der Waals surface area contributed by atoms with Crippen molar-refractivity contribution in [3.8, 4) is 0 Å². The molecule has 1 aliphatic rings. The summed E-state index contributed by atoms with van der Waals surface area (Å²) >= 11 is 0. The molecule has 1 unspecified atom stereocenters. The lowest BCUT2D eigenvalue weighted by Gasteiger charge is -2.16. The highest BCUT2D eigenvalue weighted by Gasteiger charge is 2.19. The molecule has 1 aromatic rings. The highest BCUT2D eigenvalue weighted by molar-refractivity contribution is 5.28. The molecule has 0 amide bonds. The Kier molecular flexibility index (Phi) is 5.30. The normalized spacial score (nSPS) is 18.9. The van der Waals surface area contributed by atoms with E-state index >= 15 is 0 Å². The van der Waals surface area contributed by atoms with Crippen LogP contribution in [0.2, 0.25) is 0 Å². The van der Waals surface area contributed by atoms with Crippen molar-refractivity contribution in [3.63, 3.8) is 0 Å². The molecule has 0 saturated heterocycles. The zero-order chi connectivity index (χ0) is 12.8. The Hall–Kier alpha value is -0.760. The van der Waals surface area contributed by atoms with Crippen LogP contribution in [0.5, 0.6) is 0 Å². The number of hydrogen-bond donors (Lipinski definition) is 1. The lowest BCUT2D eigenvalue weighted by Crippen LogP contribution is -2.05. The molecule has 2 heteroatoms. The predicted molar refractivity (Wildman–Crippen MR) is 75.7 cm³/mol. The zero-order valence-electron chi connectivity index (χ0n) is 11.7. The SMILES string of the molecule is CCCCCCCCn1cc2c(c1)C(O)CCC2. The Bertz CT molecular complexity index is 356. The van der Waals surface area contributed by atoms with Crippen LogP contribution in [0.1, 0.15) is 75.5 Å². The van der Waals surface area contributed by atoms with E-state index in [0.717, 1.165) is 25.8 Å². The van der Waals surface area contributed by atoms with Crippen LogP contribution in [0.25, 0.3) is 0 Å². The number of aromatic nitrogens is 1. The number of rotatable bonds is 7. The van der Waals surface area contributed by atoms with Gasteiger partial charge in [-0.2, -0.15) is 0 Å². The first-order chi connectivity index (χ1) is 8.81. The van der Waals surface area contributed by atoms with Crippen molar-refractivity contribution in [3.05, 3.63) is 23.5 Å². The van der Waals surface area contributed by atoms with Crippen LogP contribution in [-0.4, -0.2) is 9.67 Å². The molecule has 0 fully saturated rings. The molecule has 1 atom stereocenters. The number of aliphatic hydroxyl groups excluding tert-OH is 1. The van der Waals surface area contributed by atoms with E-state index in [9.17, 15) is 5.11 Å². The summed E-state index contributed by atoms with van der Waals surface area (Å²) in [5, 5.41) is 9.93. The van der Waals surface area contributed by atoms with Crippen LogP contribution in [-0.2, 0) is 13.0 Å². The number of fused-ring (bicyclic) bond motifs is 1. The fourth-order valence-corrected chi connectivity index (χ4v) is 2.93. The molecule has 0 aliphatic heterocycles. The molecule has 2 rings (SSSR count). The van der Waals surface area contributed by atoms with Gasteiger partial charge in [0.25, 0.3) is 0 Å². The van der Waals surface area contributed by atoms with Gasteiger partial charge in [0, 0.05) is 24.5 Å². The lowest BCUT2D eigenvalue weighted by molar-refractivity contribution is 0.157. The fraction of sp³-hybridized carbons (Fsp3) is 0.750. The van der Waals surface area contributed by atoms with E-state index in [1.54, 1.807) is 0 Å². The van der Waals surface area contributed by atoms with E-state index in [-0.39, 0.29) is 6.10 Å². The first-order valence-electron chi connectivity index (χ1n) is 7.68. The van der Waals surface area contributed by atoms with Crippen molar-refractivity contribution in [2.75, 3.05) is 0 Å². The van der Waals surface area contributed by atoms with Gasteiger partial charge in [-0.15, -0.1) is 0 Å². The number of aliphatic hydroxyl groups is 1. The van der Waals surface area contributed by atoms with Gasteiger partial charge in [0.15, 0.2) is 0 Å². The van der Waals surface area contributed by atoms with Crippen molar-refractivity contribution in [2.45, 2.75) is 77.4 Å². The Morgan fingerprint density at radius 1 is 1.17 bits per heavy atom. The third-order valence-corrected chi connectivity index (χ3v) is 4.05. The minimum absolute atomic E-state index is 0.209. The van der Waals surface area contributed by atoms with Crippen molar-refractivity contribution in [2.24, 2.45) is 0 Å². The van der Waals surface area contributed by atoms with Crippen molar-refractivity contribution >= 4 is 0 Å². The van der Waals surface area contributed by atoms with Crippen LogP contribution in [0.3, 0.4) is 0 Å². The minimum Gasteiger partial charge on any atom is -0.388 e. The first kappa shape index (κ1) is 13.7. The molecule has 0 aromatic carbocycles. The quantitative estimate of drug-likeness (QED) is 0.719. The van der Waals surface area contributed by atoms with Crippen molar-refractivity contribution in [1.82, 2.24) is 4.57 Å². The van der Waals surface area contributed by atoms with Crippen molar-refractivity contribution in [1.29, 1.82) is 0 Å². The van der Waals surface area contributed by atoms with Crippen LogP contribution in [0.4, 0.5) is 0 Å². The third kappa shape index (κ3) is 3.61. The van der Waals surface area contributed by atoms with Gasteiger partial charge in [0.1, 0.15) is 0 Å². The van der Waals surface area contributed by atoms with Gasteiger partial charge in [0.05, 0.1) is 6.10 Å². The summed E-state index contributed by atoms with van der Waals surface area (Å²) in [7, 11) is 0. The van der Waals surface area contributed by atoms with E-state index in [4.69, 9.17) is 0 Å². The second-order valence-corrected chi connectivity index (χ2v) is 5.65. The Labute approximate surface area is 111 Å². The summed E-state index contributed by atoms with van der Waals surface area (Å²) in [5.74, 6) is 0. The maximum atomic E-state index is 9.93. The van der Waals surface area contributed by atoms with Gasteiger partial charge in [-0.1, -0.05) is 39.0 Å². The Balaban J connectivity index is 1.73. The van der Waals surface area contributed by atoms with Crippen LogP contribution >= 0.6 is 0 Å². The van der Waals surface area contributed by atoms with E-state index < -0.39 is 0 Å². The number of nitrogens with zero attached hydrogens (tertiary/aromatic N) is 1. The summed E-state index contributed by atoms with van der Waals surface area (Å²) in [5.41, 5.74) is 2.56. The van der Waals surface area contributed by atoms with E-state index in [0.29, 0.717) is 0 Å². The van der Waals surface area contributed by atoms with Gasteiger partial charge in [-0.05, 0) is 31.2 Å². The topological polar surface area (TPSA) is 25.2 Å². The van der Waals surface area contributed by atoms with Gasteiger partial charge in [-0.3, -0.25) is 0 Å². The highest BCUT2D eigenvalue weighted by atomic mass is 16.3. The molecule has 0 bridgehead atoms. The molecule has 1 heterocycles. The molecule has 1 N–H and O–H groups in total. The van der Waals surface area contributed by atoms with E-state index in [1.165, 1.54) is 49.7 Å². The molecule has 102 valence electrons. The lowest BCUT2D eigenvalue weighted by atomic mass is 9.93. The van der Waals surface area contributed by atoms with E-state index in [2.05, 4.69) is 23.9 Å². The predicted octanol–water partition coefficient (Wildman–Crippen LogP) is 4.22. The van der Waals surface area contributed by atoms with Crippen LogP contribution in [0.15, 0.2) is 12.4 Å². The second kappa shape index (κ2) is 6.98. The standard InChI is InChI=1S/C16H27NO/c1-2-3-4-5-6-7-11-17-12-14-9-8-10-16(18)15(14)13-17/h12-13,16,18H,2-11H2,1H3. The molecule has 2 nitrogen and oxygen atoms in total. The molecule has 0 spiro atoms. The molecule has 18 heavy (non-hydrogen) atoms. The summed E-state index contributed by atoms with van der Waals surface area (Å²) < 4.78 is 2.29. The summed E-state index contributed by atoms with van der Waals surface area (Å²) in [4.78, 5) is 0. The number of hydrogen-bond acceptors (Lipinski definition) is 1. The van der Waals surface area contributed by atoms with Gasteiger partial charge in [-0.25, -0.2) is 0 Å². The molecular weight excluding hydrogens is 222 g/mol. The average molecular weight is 249 g/mol. The molecule has 0 radical (unpaired) electrons. The minimum atomic E-state index is -0.209. The largest absolute Gasteiger partial charge is 0.388 e. The zero-order valence-corrected chi connectivity index (χ0v) is 11.7. The van der Waals surface area contributed by atoms with E-state index in [1.807, 2.05) is 0 Å². The van der Waals surface area contributed by atoms with Crippen molar-refractivity contribution < 1.29 is 5.11 Å². The molecule has 1 aliphatic carbocycles. The van der Waals surface area contributed by atoms with Gasteiger partial charge < -0.3 is 9.67 Å². The average Bonchev–Trinajstić information content (AvgIpc) is 2.78. The van der Waals surface area contributed by atoms with Gasteiger partial charge >= 0.3 is 0 Å². The monoisotopic (exact) mass is 249 g/mol. The number of unbranched alkanes of at least 4 members (excludes halogenated alkanes) is 5. The molecule has 1 aromatic heterocycles. The summed E-state index contributed by atoms with van der Waals surface area (Å²) in [6.45, 7) is 3.38. The number of aryl methyl sites for hydroxylation is 2. The maximum absolute atomic E-state index is 9.93. The Morgan fingerprint density at radius 3 is 2.72 bits per heavy atom. The third-order valence-electron chi connectivity index (χ3n) is 4.05. The Morgan fingerprint density at radius 2 is 1.94 bits per heavy atom. The summed E-state index contributed by atoms with van der Waals surface area (Å²) in [6.07, 6.45) is 15.5. The fourth-order valence-electron chi connectivity index (χ4n) is 2.93. The van der Waals surface area contributed by atoms with Crippen LogP contribution < -0.4 is 0 Å². The maximum Gasteiger partial charge on any atom is 0.0807 e. The second-order valence-electron chi connectivity index (χ2n) is 5.65.